The topological polar surface area (TPSA) is 54.6 Å². The minimum Gasteiger partial charge on any atom is -0.455 e. The van der Waals surface area contributed by atoms with Crippen molar-refractivity contribution in [1.82, 2.24) is 5.43 Å². The van der Waals surface area contributed by atoms with Gasteiger partial charge in [-0.05, 0) is 48.5 Å². The summed E-state index contributed by atoms with van der Waals surface area (Å²) in [7, 11) is 0. The molecular formula is C18H12BrFN2O2. The highest BCUT2D eigenvalue weighted by Crippen LogP contribution is 2.24. The van der Waals surface area contributed by atoms with Crippen molar-refractivity contribution in [3.63, 3.8) is 0 Å². The maximum absolute atomic E-state index is 13.7. The first kappa shape index (κ1) is 16.1. The lowest BCUT2D eigenvalue weighted by Crippen LogP contribution is -2.17. The van der Waals surface area contributed by atoms with E-state index in [0.29, 0.717) is 22.6 Å². The number of hydrogen-bond acceptors (Lipinski definition) is 3. The Bertz CT molecular complexity index is 888. The Morgan fingerprint density at radius 3 is 2.58 bits per heavy atom. The predicted molar refractivity (Wildman–Crippen MR) is 93.3 cm³/mol. The molecule has 6 heteroatoms. The van der Waals surface area contributed by atoms with Crippen LogP contribution in [0.25, 0.3) is 11.3 Å². The number of carbonyl (C=O) groups is 1. The molecule has 1 heterocycles. The Morgan fingerprint density at radius 2 is 1.83 bits per heavy atom. The molecule has 0 saturated heterocycles. The van der Waals surface area contributed by atoms with Gasteiger partial charge in [0.25, 0.3) is 5.91 Å². The van der Waals surface area contributed by atoms with Gasteiger partial charge in [-0.1, -0.05) is 28.1 Å². The molecule has 0 aliphatic heterocycles. The number of nitrogens with zero attached hydrogens (tertiary/aromatic N) is 1. The number of halogens is 2. The second-order valence-corrected chi connectivity index (χ2v) is 5.80. The summed E-state index contributed by atoms with van der Waals surface area (Å²) >= 11 is 3.30. The number of hydrazone groups is 1. The van der Waals surface area contributed by atoms with Gasteiger partial charge in [0, 0.05) is 10.0 Å². The lowest BCUT2D eigenvalue weighted by molar-refractivity contribution is 0.0955. The van der Waals surface area contributed by atoms with Crippen molar-refractivity contribution < 1.29 is 13.6 Å². The Labute approximate surface area is 146 Å². The van der Waals surface area contributed by atoms with Crippen molar-refractivity contribution >= 4 is 28.1 Å². The second-order valence-electron chi connectivity index (χ2n) is 4.89. The maximum atomic E-state index is 13.7. The first-order valence-electron chi connectivity index (χ1n) is 7.07. The van der Waals surface area contributed by atoms with Crippen LogP contribution in [0.2, 0.25) is 0 Å². The lowest BCUT2D eigenvalue weighted by Gasteiger charge is -1.99. The van der Waals surface area contributed by atoms with Gasteiger partial charge in [0.15, 0.2) is 0 Å². The summed E-state index contributed by atoms with van der Waals surface area (Å²) in [5, 5.41) is 3.85. The number of nitrogens with one attached hydrogen (secondary N) is 1. The minimum absolute atomic E-state index is 0.334. The Balaban J connectivity index is 1.66. The standard InChI is InChI=1S/C18H12BrFN2O2/c19-13-7-5-12(6-8-13)18(23)22-21-11-14-9-10-17(24-14)15-3-1-2-4-16(15)20/h1-11H,(H,22,23). The van der Waals surface area contributed by atoms with Crippen LogP contribution < -0.4 is 5.43 Å². The molecule has 3 aromatic rings. The van der Waals surface area contributed by atoms with Crippen LogP contribution in [0, 0.1) is 5.82 Å². The summed E-state index contributed by atoms with van der Waals surface area (Å²) in [6, 6.07) is 16.5. The third-order valence-corrected chi connectivity index (χ3v) is 3.76. The normalized spacial score (nSPS) is 10.9. The average Bonchev–Trinajstić information content (AvgIpc) is 3.04. The van der Waals surface area contributed by atoms with E-state index in [9.17, 15) is 9.18 Å². The fraction of sp³-hybridized carbons (Fsp3) is 0. The van der Waals surface area contributed by atoms with Crippen molar-refractivity contribution in [2.75, 3.05) is 0 Å². The highest BCUT2D eigenvalue weighted by atomic mass is 79.9. The quantitative estimate of drug-likeness (QED) is 0.525. The van der Waals surface area contributed by atoms with Gasteiger partial charge in [-0.25, -0.2) is 9.82 Å². The zero-order valence-corrected chi connectivity index (χ0v) is 14.0. The van der Waals surface area contributed by atoms with E-state index in [1.165, 1.54) is 12.3 Å². The average molecular weight is 387 g/mol. The zero-order valence-electron chi connectivity index (χ0n) is 12.4. The summed E-state index contributed by atoms with van der Waals surface area (Å²) in [6.07, 6.45) is 1.36. The Morgan fingerprint density at radius 1 is 1.08 bits per heavy atom. The molecule has 0 aliphatic rings. The monoisotopic (exact) mass is 386 g/mol. The molecule has 0 aliphatic carbocycles. The highest BCUT2D eigenvalue weighted by Gasteiger charge is 2.08. The molecule has 0 spiro atoms. The Hall–Kier alpha value is -2.73. The number of carbonyl (C=O) groups excluding carboxylic acids is 1. The summed E-state index contributed by atoms with van der Waals surface area (Å²) < 4.78 is 20.1. The second kappa shape index (κ2) is 7.23. The molecule has 0 radical (unpaired) electrons. The molecule has 0 atom stereocenters. The summed E-state index contributed by atoms with van der Waals surface area (Å²) in [4.78, 5) is 11.9. The molecule has 0 saturated carbocycles. The number of benzene rings is 2. The van der Waals surface area contributed by atoms with Crippen LogP contribution in [0.15, 0.2) is 74.7 Å². The largest absolute Gasteiger partial charge is 0.455 e. The number of furan rings is 1. The molecular weight excluding hydrogens is 375 g/mol. The van der Waals surface area contributed by atoms with E-state index in [0.717, 1.165) is 4.47 Å². The molecule has 1 aromatic heterocycles. The minimum atomic E-state index is -0.362. The summed E-state index contributed by atoms with van der Waals surface area (Å²) in [5.41, 5.74) is 3.27. The smallest absolute Gasteiger partial charge is 0.271 e. The van der Waals surface area contributed by atoms with Crippen molar-refractivity contribution in [3.05, 3.63) is 82.3 Å². The van der Waals surface area contributed by atoms with Crippen LogP contribution >= 0.6 is 15.9 Å². The van der Waals surface area contributed by atoms with E-state index >= 15 is 0 Å². The first-order valence-corrected chi connectivity index (χ1v) is 7.86. The van der Waals surface area contributed by atoms with E-state index in [1.54, 1.807) is 54.6 Å². The van der Waals surface area contributed by atoms with Gasteiger partial charge < -0.3 is 4.42 Å². The molecule has 0 fully saturated rings. The number of amides is 1. The van der Waals surface area contributed by atoms with Gasteiger partial charge in [-0.3, -0.25) is 4.79 Å². The molecule has 1 amide bonds. The number of rotatable bonds is 4. The molecule has 24 heavy (non-hydrogen) atoms. The van der Waals surface area contributed by atoms with Crippen LogP contribution in [-0.4, -0.2) is 12.1 Å². The summed E-state index contributed by atoms with van der Waals surface area (Å²) in [5.74, 6) is 0.108. The fourth-order valence-electron chi connectivity index (χ4n) is 2.05. The van der Waals surface area contributed by atoms with Crippen molar-refractivity contribution in [2.24, 2.45) is 5.10 Å². The van der Waals surface area contributed by atoms with E-state index in [4.69, 9.17) is 4.42 Å². The molecule has 0 unspecified atom stereocenters. The van der Waals surface area contributed by atoms with Crippen LogP contribution in [0.4, 0.5) is 4.39 Å². The van der Waals surface area contributed by atoms with Crippen molar-refractivity contribution in [1.29, 1.82) is 0 Å². The molecule has 4 nitrogen and oxygen atoms in total. The van der Waals surface area contributed by atoms with Gasteiger partial charge in [-0.15, -0.1) is 0 Å². The van der Waals surface area contributed by atoms with Crippen LogP contribution in [0.3, 0.4) is 0 Å². The highest BCUT2D eigenvalue weighted by molar-refractivity contribution is 9.10. The van der Waals surface area contributed by atoms with Gasteiger partial charge in [0.05, 0.1) is 11.8 Å². The third-order valence-electron chi connectivity index (χ3n) is 3.23. The van der Waals surface area contributed by atoms with Crippen molar-refractivity contribution in [3.8, 4) is 11.3 Å². The molecule has 1 N–H and O–H groups in total. The summed E-state index contributed by atoms with van der Waals surface area (Å²) in [6.45, 7) is 0. The Kier molecular flexibility index (Phi) is 4.86. The fourth-order valence-corrected chi connectivity index (χ4v) is 2.31. The van der Waals surface area contributed by atoms with Crippen LogP contribution in [0.5, 0.6) is 0 Å². The SMILES string of the molecule is O=C(NN=Cc1ccc(-c2ccccc2F)o1)c1ccc(Br)cc1. The van der Waals surface area contributed by atoms with Gasteiger partial charge in [0.2, 0.25) is 0 Å². The van der Waals surface area contributed by atoms with Gasteiger partial charge in [0.1, 0.15) is 17.3 Å². The van der Waals surface area contributed by atoms with Crippen LogP contribution in [-0.2, 0) is 0 Å². The molecule has 2 aromatic carbocycles. The molecule has 3 rings (SSSR count). The van der Waals surface area contributed by atoms with Gasteiger partial charge >= 0.3 is 0 Å². The molecule has 120 valence electrons. The third kappa shape index (κ3) is 3.78. The van der Waals surface area contributed by atoms with Crippen LogP contribution in [0.1, 0.15) is 16.1 Å². The van der Waals surface area contributed by atoms with Gasteiger partial charge in [-0.2, -0.15) is 5.10 Å². The van der Waals surface area contributed by atoms with E-state index in [2.05, 4.69) is 26.5 Å². The lowest BCUT2D eigenvalue weighted by atomic mass is 10.1. The van der Waals surface area contributed by atoms with E-state index in [1.807, 2.05) is 0 Å². The number of hydrogen-bond donors (Lipinski definition) is 1. The van der Waals surface area contributed by atoms with Crippen molar-refractivity contribution in [2.45, 2.75) is 0 Å². The maximum Gasteiger partial charge on any atom is 0.271 e. The first-order chi connectivity index (χ1) is 11.6. The van der Waals surface area contributed by atoms with E-state index < -0.39 is 0 Å². The van der Waals surface area contributed by atoms with E-state index in [-0.39, 0.29) is 11.7 Å². The zero-order chi connectivity index (χ0) is 16.9. The molecule has 0 bridgehead atoms. The predicted octanol–water partition coefficient (Wildman–Crippen LogP) is 4.61.